The standard InChI is InChI=1S/C24H33N3O4/c1-15-3-16(2)5-20(4-15)31-14-23(30)27-26-22(29)13-25-21(28)12-24-9-17-6-18(10-24)8-19(7-17)11-24/h3-5,17-19H,6-14H2,1-2H3,(H,25,28)(H,26,29)(H,27,30). The van der Waals surface area contributed by atoms with Crippen LogP contribution in [0.25, 0.3) is 0 Å². The molecule has 168 valence electrons. The summed E-state index contributed by atoms with van der Waals surface area (Å²) in [5, 5.41) is 2.72. The molecule has 1 aromatic carbocycles. The molecular formula is C24H33N3O4. The summed E-state index contributed by atoms with van der Waals surface area (Å²) >= 11 is 0. The Balaban J connectivity index is 1.14. The van der Waals surface area contributed by atoms with Crippen LogP contribution in [0, 0.1) is 37.0 Å². The van der Waals surface area contributed by atoms with Gasteiger partial charge in [0.25, 0.3) is 11.8 Å². The van der Waals surface area contributed by atoms with Crippen LogP contribution in [-0.2, 0) is 14.4 Å². The van der Waals surface area contributed by atoms with Crippen molar-refractivity contribution < 1.29 is 19.1 Å². The van der Waals surface area contributed by atoms with Crippen molar-refractivity contribution in [2.75, 3.05) is 13.2 Å². The number of benzene rings is 1. The summed E-state index contributed by atoms with van der Waals surface area (Å²) in [5.41, 5.74) is 6.89. The monoisotopic (exact) mass is 427 g/mol. The number of hydrogen-bond acceptors (Lipinski definition) is 4. The van der Waals surface area contributed by atoms with E-state index in [1.54, 1.807) is 0 Å². The molecule has 0 heterocycles. The molecule has 0 aliphatic heterocycles. The molecule has 0 aromatic heterocycles. The fraction of sp³-hybridized carbons (Fsp3) is 0.625. The number of hydrogen-bond donors (Lipinski definition) is 3. The number of nitrogens with one attached hydrogen (secondary N) is 3. The summed E-state index contributed by atoms with van der Waals surface area (Å²) < 4.78 is 5.46. The average Bonchev–Trinajstić information content (AvgIpc) is 2.67. The highest BCUT2D eigenvalue weighted by molar-refractivity contribution is 5.87. The van der Waals surface area contributed by atoms with E-state index >= 15 is 0 Å². The maximum absolute atomic E-state index is 12.5. The van der Waals surface area contributed by atoms with Gasteiger partial charge in [0.2, 0.25) is 5.91 Å². The van der Waals surface area contributed by atoms with E-state index in [9.17, 15) is 14.4 Å². The highest BCUT2D eigenvalue weighted by Gasteiger charge is 2.51. The third-order valence-electron chi connectivity index (χ3n) is 7.05. The molecule has 7 heteroatoms. The molecular weight excluding hydrogens is 394 g/mol. The second kappa shape index (κ2) is 8.89. The predicted molar refractivity (Wildman–Crippen MR) is 116 cm³/mol. The Hall–Kier alpha value is -2.57. The molecule has 3 N–H and O–H groups in total. The van der Waals surface area contributed by atoms with E-state index in [4.69, 9.17) is 4.74 Å². The van der Waals surface area contributed by atoms with Crippen molar-refractivity contribution in [3.05, 3.63) is 29.3 Å². The largest absolute Gasteiger partial charge is 0.484 e. The SMILES string of the molecule is Cc1cc(C)cc(OCC(=O)NNC(=O)CNC(=O)CC23CC4CC(CC(C4)C2)C3)c1. The fourth-order valence-corrected chi connectivity index (χ4v) is 6.47. The second-order valence-electron chi connectivity index (χ2n) is 10.1. The Morgan fingerprint density at radius 3 is 2.00 bits per heavy atom. The van der Waals surface area contributed by atoms with E-state index in [1.807, 2.05) is 32.0 Å². The smallest absolute Gasteiger partial charge is 0.276 e. The molecule has 7 nitrogen and oxygen atoms in total. The zero-order valence-corrected chi connectivity index (χ0v) is 18.5. The van der Waals surface area contributed by atoms with Crippen LogP contribution >= 0.6 is 0 Å². The summed E-state index contributed by atoms with van der Waals surface area (Å²) in [7, 11) is 0. The predicted octanol–water partition coefficient (Wildman–Crippen LogP) is 2.55. The van der Waals surface area contributed by atoms with Gasteiger partial charge in [-0.25, -0.2) is 0 Å². The summed E-state index contributed by atoms with van der Waals surface area (Å²) in [6.45, 7) is 3.56. The minimum atomic E-state index is -0.465. The lowest BCUT2D eigenvalue weighted by Crippen LogP contribution is -2.50. The molecule has 0 saturated heterocycles. The molecule has 1 aromatic rings. The summed E-state index contributed by atoms with van der Waals surface area (Å²) in [6, 6.07) is 5.71. The van der Waals surface area contributed by atoms with Gasteiger partial charge in [0.05, 0.1) is 6.54 Å². The Labute approximate surface area is 183 Å². The van der Waals surface area contributed by atoms with Gasteiger partial charge in [-0.05, 0) is 98.8 Å². The van der Waals surface area contributed by atoms with Gasteiger partial charge in [-0.15, -0.1) is 0 Å². The van der Waals surface area contributed by atoms with Crippen molar-refractivity contribution in [3.8, 4) is 5.75 Å². The van der Waals surface area contributed by atoms with Gasteiger partial charge >= 0.3 is 0 Å². The molecule has 0 atom stereocenters. The molecule has 4 aliphatic carbocycles. The molecule has 31 heavy (non-hydrogen) atoms. The number of carbonyl (C=O) groups is 3. The highest BCUT2D eigenvalue weighted by Crippen LogP contribution is 2.61. The van der Waals surface area contributed by atoms with Gasteiger partial charge in [-0.1, -0.05) is 6.07 Å². The molecule has 5 rings (SSSR count). The molecule has 0 unspecified atom stereocenters. The zero-order valence-electron chi connectivity index (χ0n) is 18.5. The van der Waals surface area contributed by atoms with E-state index in [1.165, 1.54) is 19.3 Å². The maximum Gasteiger partial charge on any atom is 0.276 e. The van der Waals surface area contributed by atoms with Crippen molar-refractivity contribution >= 4 is 17.7 Å². The van der Waals surface area contributed by atoms with Crippen LogP contribution in [0.15, 0.2) is 18.2 Å². The summed E-state index contributed by atoms with van der Waals surface area (Å²) in [4.78, 5) is 36.4. The molecule has 0 spiro atoms. The first kappa shape index (κ1) is 21.7. The molecule has 4 fully saturated rings. The van der Waals surface area contributed by atoms with Crippen molar-refractivity contribution in [2.45, 2.75) is 58.8 Å². The van der Waals surface area contributed by atoms with Gasteiger partial charge in [0, 0.05) is 6.42 Å². The van der Waals surface area contributed by atoms with Gasteiger partial charge in [0.15, 0.2) is 6.61 Å². The number of amides is 3. The molecule has 4 aliphatic rings. The van der Waals surface area contributed by atoms with E-state index in [0.29, 0.717) is 12.2 Å². The van der Waals surface area contributed by atoms with Crippen LogP contribution in [-0.4, -0.2) is 30.9 Å². The summed E-state index contributed by atoms with van der Waals surface area (Å²) in [6.07, 6.45) is 8.03. The van der Waals surface area contributed by atoms with Crippen molar-refractivity contribution in [1.29, 1.82) is 0 Å². The second-order valence-corrected chi connectivity index (χ2v) is 10.1. The third kappa shape index (κ3) is 5.57. The van der Waals surface area contributed by atoms with Crippen molar-refractivity contribution in [2.24, 2.45) is 23.2 Å². The molecule has 3 amide bonds. The number of rotatable bonds is 7. The number of carbonyl (C=O) groups excluding carboxylic acids is 3. The number of ether oxygens (including phenoxy) is 1. The average molecular weight is 428 g/mol. The van der Waals surface area contributed by atoms with Crippen LogP contribution in [0.1, 0.15) is 56.1 Å². The lowest BCUT2D eigenvalue weighted by atomic mass is 9.49. The molecule has 4 bridgehead atoms. The van der Waals surface area contributed by atoms with Crippen LogP contribution in [0.3, 0.4) is 0 Å². The normalized spacial score (nSPS) is 28.1. The Morgan fingerprint density at radius 2 is 1.42 bits per heavy atom. The number of hydrazine groups is 1. The van der Waals surface area contributed by atoms with Gasteiger partial charge in [-0.3, -0.25) is 25.2 Å². The van der Waals surface area contributed by atoms with E-state index in [-0.39, 0.29) is 24.5 Å². The first-order chi connectivity index (χ1) is 14.8. The zero-order chi connectivity index (χ0) is 22.0. The topological polar surface area (TPSA) is 96.5 Å². The number of aryl methyl sites for hydroxylation is 2. The fourth-order valence-electron chi connectivity index (χ4n) is 6.47. The van der Waals surface area contributed by atoms with Crippen LogP contribution in [0.2, 0.25) is 0 Å². The van der Waals surface area contributed by atoms with Crippen LogP contribution in [0.5, 0.6) is 5.75 Å². The van der Waals surface area contributed by atoms with E-state index in [2.05, 4.69) is 16.2 Å². The van der Waals surface area contributed by atoms with Crippen LogP contribution in [0.4, 0.5) is 0 Å². The molecule has 4 saturated carbocycles. The lowest BCUT2D eigenvalue weighted by molar-refractivity contribution is -0.133. The Kier molecular flexibility index (Phi) is 6.21. The first-order valence-electron chi connectivity index (χ1n) is 11.3. The van der Waals surface area contributed by atoms with Crippen molar-refractivity contribution in [3.63, 3.8) is 0 Å². The summed E-state index contributed by atoms with van der Waals surface area (Å²) in [5.74, 6) is 2.00. The first-order valence-corrected chi connectivity index (χ1v) is 11.3. The highest BCUT2D eigenvalue weighted by atomic mass is 16.5. The minimum absolute atomic E-state index is 0.0680. The lowest BCUT2D eigenvalue weighted by Gasteiger charge is -2.56. The van der Waals surface area contributed by atoms with Crippen molar-refractivity contribution in [1.82, 2.24) is 16.2 Å². The van der Waals surface area contributed by atoms with Gasteiger partial charge < -0.3 is 10.1 Å². The Morgan fingerprint density at radius 1 is 0.871 bits per heavy atom. The van der Waals surface area contributed by atoms with E-state index in [0.717, 1.165) is 48.1 Å². The molecule has 0 radical (unpaired) electrons. The Bertz CT molecular complexity index is 811. The minimum Gasteiger partial charge on any atom is -0.484 e. The van der Waals surface area contributed by atoms with E-state index < -0.39 is 11.8 Å². The maximum atomic E-state index is 12.5. The quantitative estimate of drug-likeness (QED) is 0.583. The van der Waals surface area contributed by atoms with Gasteiger partial charge in [-0.2, -0.15) is 0 Å². The van der Waals surface area contributed by atoms with Gasteiger partial charge in [0.1, 0.15) is 5.75 Å². The van der Waals surface area contributed by atoms with Crippen LogP contribution < -0.4 is 20.9 Å². The third-order valence-corrected chi connectivity index (χ3v) is 7.05.